The summed E-state index contributed by atoms with van der Waals surface area (Å²) in [6, 6.07) is 18.8. The largest absolute Gasteiger partial charge is 0.318 e. The Balaban J connectivity index is 2.22. The first-order valence-electron chi connectivity index (χ1n) is 6.01. The van der Waals surface area contributed by atoms with Crippen molar-refractivity contribution in [2.45, 2.75) is 12.5 Å². The molecule has 2 N–H and O–H groups in total. The second kappa shape index (κ2) is 4.23. The van der Waals surface area contributed by atoms with Crippen LogP contribution in [0.25, 0.3) is 10.1 Å². The molecule has 1 aromatic heterocycles. The van der Waals surface area contributed by atoms with E-state index in [1.807, 2.05) is 18.2 Å². The minimum Gasteiger partial charge on any atom is -0.318 e. The number of nitrogens with two attached hydrogens (primary N) is 1. The SMILES string of the molecule is CC(N)(c1ccccc1)c1cccc2ccsc12. The lowest BCUT2D eigenvalue weighted by atomic mass is 9.85. The van der Waals surface area contributed by atoms with Crippen molar-refractivity contribution in [3.8, 4) is 0 Å². The van der Waals surface area contributed by atoms with Gasteiger partial charge in [-0.2, -0.15) is 0 Å². The summed E-state index contributed by atoms with van der Waals surface area (Å²) in [5, 5.41) is 3.39. The summed E-state index contributed by atoms with van der Waals surface area (Å²) in [7, 11) is 0. The molecule has 1 atom stereocenters. The molecule has 90 valence electrons. The van der Waals surface area contributed by atoms with Gasteiger partial charge in [-0.15, -0.1) is 11.3 Å². The standard InChI is InChI=1S/C16H15NS/c1-16(17,13-7-3-2-4-8-13)14-9-5-6-12-10-11-18-15(12)14/h2-11H,17H2,1H3. The summed E-state index contributed by atoms with van der Waals surface area (Å²) in [5.74, 6) is 0. The van der Waals surface area contributed by atoms with Gasteiger partial charge in [-0.25, -0.2) is 0 Å². The van der Waals surface area contributed by atoms with Crippen LogP contribution in [0.5, 0.6) is 0 Å². The third-order valence-electron chi connectivity index (χ3n) is 3.41. The van der Waals surface area contributed by atoms with Crippen molar-refractivity contribution in [1.29, 1.82) is 0 Å². The van der Waals surface area contributed by atoms with Gasteiger partial charge < -0.3 is 5.73 Å². The molecular weight excluding hydrogens is 238 g/mol. The van der Waals surface area contributed by atoms with Gasteiger partial charge in [0.1, 0.15) is 0 Å². The van der Waals surface area contributed by atoms with E-state index in [-0.39, 0.29) is 0 Å². The van der Waals surface area contributed by atoms with Crippen molar-refractivity contribution in [3.05, 3.63) is 71.1 Å². The van der Waals surface area contributed by atoms with E-state index >= 15 is 0 Å². The second-order valence-corrected chi connectivity index (χ2v) is 5.63. The van der Waals surface area contributed by atoms with Crippen LogP contribution in [0.3, 0.4) is 0 Å². The molecule has 0 amide bonds. The van der Waals surface area contributed by atoms with Gasteiger partial charge in [0.05, 0.1) is 5.54 Å². The monoisotopic (exact) mass is 253 g/mol. The van der Waals surface area contributed by atoms with Crippen LogP contribution in [0.15, 0.2) is 60.0 Å². The number of rotatable bonds is 2. The smallest absolute Gasteiger partial charge is 0.0651 e. The van der Waals surface area contributed by atoms with Gasteiger partial charge in [-0.3, -0.25) is 0 Å². The van der Waals surface area contributed by atoms with Gasteiger partial charge in [0.25, 0.3) is 0 Å². The summed E-state index contributed by atoms with van der Waals surface area (Å²) >= 11 is 1.76. The van der Waals surface area contributed by atoms with Crippen LogP contribution in [0.1, 0.15) is 18.1 Å². The fraction of sp³-hybridized carbons (Fsp3) is 0.125. The molecule has 1 heterocycles. The molecular formula is C16H15NS. The predicted molar refractivity (Wildman–Crippen MR) is 78.9 cm³/mol. The molecule has 1 unspecified atom stereocenters. The molecule has 3 rings (SSSR count). The van der Waals surface area contributed by atoms with Crippen molar-refractivity contribution >= 4 is 21.4 Å². The highest BCUT2D eigenvalue weighted by atomic mass is 32.1. The Morgan fingerprint density at radius 3 is 2.50 bits per heavy atom. The molecule has 0 saturated heterocycles. The van der Waals surface area contributed by atoms with E-state index in [1.165, 1.54) is 15.6 Å². The maximum Gasteiger partial charge on any atom is 0.0651 e. The molecule has 0 spiro atoms. The molecule has 2 aromatic carbocycles. The highest BCUT2D eigenvalue weighted by Crippen LogP contribution is 2.34. The van der Waals surface area contributed by atoms with Crippen LogP contribution in [-0.4, -0.2) is 0 Å². The van der Waals surface area contributed by atoms with Gasteiger partial charge in [-0.1, -0.05) is 48.5 Å². The Hall–Kier alpha value is -1.64. The number of hydrogen-bond donors (Lipinski definition) is 1. The zero-order valence-electron chi connectivity index (χ0n) is 10.3. The fourth-order valence-corrected chi connectivity index (χ4v) is 3.37. The lowest BCUT2D eigenvalue weighted by molar-refractivity contribution is 0.609. The van der Waals surface area contributed by atoms with Gasteiger partial charge in [0.15, 0.2) is 0 Å². The summed E-state index contributed by atoms with van der Waals surface area (Å²) in [6.45, 7) is 2.08. The molecule has 0 fully saturated rings. The Morgan fingerprint density at radius 2 is 1.72 bits per heavy atom. The topological polar surface area (TPSA) is 26.0 Å². The summed E-state index contributed by atoms with van der Waals surface area (Å²) < 4.78 is 1.28. The average Bonchev–Trinajstić information content (AvgIpc) is 2.87. The van der Waals surface area contributed by atoms with Crippen LogP contribution in [-0.2, 0) is 5.54 Å². The van der Waals surface area contributed by atoms with E-state index in [0.717, 1.165) is 5.56 Å². The zero-order valence-corrected chi connectivity index (χ0v) is 11.1. The van der Waals surface area contributed by atoms with Crippen LogP contribution in [0.4, 0.5) is 0 Å². The van der Waals surface area contributed by atoms with E-state index in [1.54, 1.807) is 11.3 Å². The van der Waals surface area contributed by atoms with Crippen molar-refractivity contribution in [3.63, 3.8) is 0 Å². The quantitative estimate of drug-likeness (QED) is 0.730. The Bertz CT molecular complexity index is 668. The van der Waals surface area contributed by atoms with E-state index in [4.69, 9.17) is 5.73 Å². The maximum atomic E-state index is 6.59. The molecule has 3 aromatic rings. The molecule has 18 heavy (non-hydrogen) atoms. The van der Waals surface area contributed by atoms with Crippen LogP contribution < -0.4 is 5.73 Å². The van der Waals surface area contributed by atoms with Crippen molar-refractivity contribution in [1.82, 2.24) is 0 Å². The second-order valence-electron chi connectivity index (χ2n) is 4.71. The van der Waals surface area contributed by atoms with E-state index in [2.05, 4.69) is 48.7 Å². The van der Waals surface area contributed by atoms with Crippen LogP contribution >= 0.6 is 11.3 Å². The molecule has 0 aliphatic heterocycles. The normalized spacial score (nSPS) is 14.6. The minimum absolute atomic E-state index is 0.453. The number of hydrogen-bond acceptors (Lipinski definition) is 2. The third-order valence-corrected chi connectivity index (χ3v) is 4.38. The summed E-state index contributed by atoms with van der Waals surface area (Å²) in [6.07, 6.45) is 0. The Kier molecular flexibility index (Phi) is 2.69. The average molecular weight is 253 g/mol. The lowest BCUT2D eigenvalue weighted by Crippen LogP contribution is -2.34. The molecule has 2 heteroatoms. The number of fused-ring (bicyclic) bond motifs is 1. The van der Waals surface area contributed by atoms with Gasteiger partial charge in [0, 0.05) is 4.70 Å². The summed E-state index contributed by atoms with van der Waals surface area (Å²) in [4.78, 5) is 0. The highest BCUT2D eigenvalue weighted by Gasteiger charge is 2.25. The minimum atomic E-state index is -0.453. The van der Waals surface area contributed by atoms with Crippen LogP contribution in [0, 0.1) is 0 Å². The first-order valence-corrected chi connectivity index (χ1v) is 6.88. The van der Waals surface area contributed by atoms with E-state index < -0.39 is 5.54 Å². The molecule has 0 bridgehead atoms. The van der Waals surface area contributed by atoms with Crippen molar-refractivity contribution in [2.24, 2.45) is 5.73 Å². The van der Waals surface area contributed by atoms with E-state index in [0.29, 0.717) is 0 Å². The van der Waals surface area contributed by atoms with Crippen LogP contribution in [0.2, 0.25) is 0 Å². The maximum absolute atomic E-state index is 6.59. The molecule has 1 nitrogen and oxygen atoms in total. The molecule has 0 aliphatic carbocycles. The van der Waals surface area contributed by atoms with Crippen molar-refractivity contribution in [2.75, 3.05) is 0 Å². The molecule has 0 aliphatic rings. The van der Waals surface area contributed by atoms with Gasteiger partial charge >= 0.3 is 0 Å². The summed E-state index contributed by atoms with van der Waals surface area (Å²) in [5.41, 5.74) is 8.48. The number of thiophene rings is 1. The Labute approximate surface area is 111 Å². The first kappa shape index (κ1) is 11.5. The number of benzene rings is 2. The zero-order chi connectivity index (χ0) is 12.6. The fourth-order valence-electron chi connectivity index (χ4n) is 2.34. The molecule has 0 radical (unpaired) electrons. The van der Waals surface area contributed by atoms with Gasteiger partial charge in [-0.05, 0) is 34.9 Å². The van der Waals surface area contributed by atoms with Crippen molar-refractivity contribution < 1.29 is 0 Å². The lowest BCUT2D eigenvalue weighted by Gasteiger charge is -2.26. The highest BCUT2D eigenvalue weighted by molar-refractivity contribution is 7.17. The predicted octanol–water partition coefficient (Wildman–Crippen LogP) is 4.12. The van der Waals surface area contributed by atoms with Gasteiger partial charge in [0.2, 0.25) is 0 Å². The Morgan fingerprint density at radius 1 is 0.944 bits per heavy atom. The first-order chi connectivity index (χ1) is 8.69. The van der Waals surface area contributed by atoms with E-state index in [9.17, 15) is 0 Å². The third kappa shape index (κ3) is 1.74. The molecule has 0 saturated carbocycles.